The fourth-order valence-corrected chi connectivity index (χ4v) is 2.78. The molecule has 1 amide bonds. The van der Waals surface area contributed by atoms with Gasteiger partial charge in [0.15, 0.2) is 6.10 Å². The number of esters is 1. The number of carbonyl (C=O) groups excluding carboxylic acids is 2. The maximum absolute atomic E-state index is 12.5. The molecule has 6 heteroatoms. The molecule has 1 saturated heterocycles. The predicted octanol–water partition coefficient (Wildman–Crippen LogP) is 2.26. The Labute approximate surface area is 142 Å². The third kappa shape index (κ3) is 4.63. The van der Waals surface area contributed by atoms with Gasteiger partial charge in [0.05, 0.1) is 19.6 Å². The Bertz CT molecular complexity index is 566. The molecule has 1 atom stereocenters. The predicted molar refractivity (Wildman–Crippen MR) is 89.0 cm³/mol. The summed E-state index contributed by atoms with van der Waals surface area (Å²) in [7, 11) is 1.58. The van der Waals surface area contributed by atoms with Gasteiger partial charge in [-0.05, 0) is 38.8 Å². The van der Waals surface area contributed by atoms with Crippen molar-refractivity contribution in [3.63, 3.8) is 0 Å². The minimum absolute atomic E-state index is 0.0693. The quantitative estimate of drug-likeness (QED) is 0.746. The van der Waals surface area contributed by atoms with E-state index in [9.17, 15) is 9.59 Å². The molecule has 132 valence electrons. The van der Waals surface area contributed by atoms with E-state index in [1.165, 1.54) is 0 Å². The highest BCUT2D eigenvalue weighted by atomic mass is 16.5. The summed E-state index contributed by atoms with van der Waals surface area (Å²) in [5.41, 5.74) is 0. The van der Waals surface area contributed by atoms with Crippen LogP contribution in [0.4, 0.5) is 0 Å². The molecular weight excluding hydrogens is 310 g/mol. The number of likely N-dealkylation sites (tertiary alicyclic amines) is 1. The molecule has 1 fully saturated rings. The molecule has 1 aliphatic rings. The largest absolute Gasteiger partial charge is 0.497 e. The Kier molecular flexibility index (Phi) is 6.46. The van der Waals surface area contributed by atoms with Gasteiger partial charge < -0.3 is 19.1 Å². The van der Waals surface area contributed by atoms with Gasteiger partial charge in [-0.15, -0.1) is 0 Å². The smallest absolute Gasteiger partial charge is 0.309 e. The summed E-state index contributed by atoms with van der Waals surface area (Å²) in [6, 6.07) is 7.17. The maximum Gasteiger partial charge on any atom is 0.309 e. The van der Waals surface area contributed by atoms with E-state index in [4.69, 9.17) is 14.2 Å². The van der Waals surface area contributed by atoms with Gasteiger partial charge in [0.25, 0.3) is 5.91 Å². The Morgan fingerprint density at radius 2 is 1.92 bits per heavy atom. The number of methoxy groups -OCH3 is 1. The van der Waals surface area contributed by atoms with Crippen molar-refractivity contribution in [2.24, 2.45) is 5.92 Å². The van der Waals surface area contributed by atoms with Crippen molar-refractivity contribution in [2.75, 3.05) is 26.8 Å². The first-order valence-corrected chi connectivity index (χ1v) is 8.31. The molecule has 1 aromatic carbocycles. The van der Waals surface area contributed by atoms with Crippen molar-refractivity contribution in [1.82, 2.24) is 4.90 Å². The number of benzene rings is 1. The summed E-state index contributed by atoms with van der Waals surface area (Å²) >= 11 is 0. The van der Waals surface area contributed by atoms with Gasteiger partial charge in [-0.3, -0.25) is 9.59 Å². The van der Waals surface area contributed by atoms with Gasteiger partial charge in [0, 0.05) is 19.2 Å². The molecule has 0 spiro atoms. The molecule has 0 aliphatic carbocycles. The number of nitrogens with zero attached hydrogens (tertiary/aromatic N) is 1. The van der Waals surface area contributed by atoms with E-state index in [-0.39, 0.29) is 17.8 Å². The number of hydrogen-bond acceptors (Lipinski definition) is 5. The van der Waals surface area contributed by atoms with Crippen molar-refractivity contribution in [1.29, 1.82) is 0 Å². The third-order valence-corrected chi connectivity index (χ3v) is 4.13. The monoisotopic (exact) mass is 335 g/mol. The van der Waals surface area contributed by atoms with E-state index < -0.39 is 6.10 Å². The van der Waals surface area contributed by atoms with Gasteiger partial charge in [0.2, 0.25) is 0 Å². The van der Waals surface area contributed by atoms with Crippen LogP contribution >= 0.6 is 0 Å². The molecule has 0 N–H and O–H groups in total. The second-order valence-electron chi connectivity index (χ2n) is 5.79. The fourth-order valence-electron chi connectivity index (χ4n) is 2.78. The van der Waals surface area contributed by atoms with E-state index in [0.717, 1.165) is 0 Å². The van der Waals surface area contributed by atoms with Crippen LogP contribution in [0.2, 0.25) is 0 Å². The molecule has 1 aromatic rings. The highest BCUT2D eigenvalue weighted by molar-refractivity contribution is 5.81. The Morgan fingerprint density at radius 1 is 1.25 bits per heavy atom. The summed E-state index contributed by atoms with van der Waals surface area (Å²) in [5, 5.41) is 0. The summed E-state index contributed by atoms with van der Waals surface area (Å²) in [4.78, 5) is 26.0. The Hall–Kier alpha value is -2.24. The standard InChI is InChI=1S/C18H25NO5/c1-4-23-18(21)14-8-10-19(11-9-14)17(20)13(2)24-16-7-5-6-15(12-16)22-3/h5-7,12-14H,4,8-11H2,1-3H3/t13-/m1/s1. The first-order valence-electron chi connectivity index (χ1n) is 8.31. The first-order chi connectivity index (χ1) is 11.5. The second kappa shape index (κ2) is 8.57. The molecule has 0 aromatic heterocycles. The van der Waals surface area contributed by atoms with Crippen LogP contribution in [0.25, 0.3) is 0 Å². The lowest BCUT2D eigenvalue weighted by molar-refractivity contribution is -0.152. The molecule has 2 rings (SSSR count). The van der Waals surface area contributed by atoms with Crippen molar-refractivity contribution in [2.45, 2.75) is 32.8 Å². The molecule has 0 bridgehead atoms. The zero-order valence-corrected chi connectivity index (χ0v) is 14.5. The Balaban J connectivity index is 1.86. The molecule has 24 heavy (non-hydrogen) atoms. The average Bonchev–Trinajstić information content (AvgIpc) is 2.61. The SMILES string of the molecule is CCOC(=O)C1CCN(C(=O)[C@@H](C)Oc2cccc(OC)c2)CC1. The highest BCUT2D eigenvalue weighted by Gasteiger charge is 2.30. The summed E-state index contributed by atoms with van der Waals surface area (Å²) in [6.07, 6.45) is 0.684. The maximum atomic E-state index is 12.5. The minimum atomic E-state index is -0.587. The fraction of sp³-hybridized carbons (Fsp3) is 0.556. The van der Waals surface area contributed by atoms with Crippen molar-refractivity contribution < 1.29 is 23.8 Å². The zero-order chi connectivity index (χ0) is 17.5. The van der Waals surface area contributed by atoms with E-state index >= 15 is 0 Å². The van der Waals surface area contributed by atoms with E-state index in [2.05, 4.69) is 0 Å². The van der Waals surface area contributed by atoms with E-state index in [0.29, 0.717) is 44.0 Å². The third-order valence-electron chi connectivity index (χ3n) is 4.13. The second-order valence-corrected chi connectivity index (χ2v) is 5.79. The van der Waals surface area contributed by atoms with Gasteiger partial charge in [0.1, 0.15) is 11.5 Å². The summed E-state index contributed by atoms with van der Waals surface area (Å²) in [6.45, 7) is 5.03. The number of rotatable bonds is 6. The zero-order valence-electron chi connectivity index (χ0n) is 14.5. The lowest BCUT2D eigenvalue weighted by Gasteiger charge is -2.32. The molecule has 0 saturated carbocycles. The molecule has 6 nitrogen and oxygen atoms in total. The first kappa shape index (κ1) is 18.1. The van der Waals surface area contributed by atoms with Gasteiger partial charge >= 0.3 is 5.97 Å². The number of hydrogen-bond donors (Lipinski definition) is 0. The van der Waals surface area contributed by atoms with Crippen LogP contribution < -0.4 is 9.47 Å². The molecule has 0 unspecified atom stereocenters. The lowest BCUT2D eigenvalue weighted by atomic mass is 9.97. The van der Waals surface area contributed by atoms with Crippen LogP contribution in [0.5, 0.6) is 11.5 Å². The van der Waals surface area contributed by atoms with Crippen LogP contribution in [-0.2, 0) is 14.3 Å². The van der Waals surface area contributed by atoms with Crippen molar-refractivity contribution in [3.8, 4) is 11.5 Å². The van der Waals surface area contributed by atoms with Crippen LogP contribution in [0.1, 0.15) is 26.7 Å². The average molecular weight is 335 g/mol. The van der Waals surface area contributed by atoms with Crippen LogP contribution in [0.15, 0.2) is 24.3 Å². The topological polar surface area (TPSA) is 65.1 Å². The number of carbonyl (C=O) groups is 2. The van der Waals surface area contributed by atoms with Crippen molar-refractivity contribution >= 4 is 11.9 Å². The molecule has 1 aliphatic heterocycles. The van der Waals surface area contributed by atoms with Gasteiger partial charge in [-0.1, -0.05) is 6.07 Å². The molecule has 1 heterocycles. The van der Waals surface area contributed by atoms with E-state index in [1.54, 1.807) is 38.0 Å². The normalized spacial score (nSPS) is 16.4. The number of ether oxygens (including phenoxy) is 3. The lowest BCUT2D eigenvalue weighted by Crippen LogP contribution is -2.45. The molecular formula is C18H25NO5. The number of piperidine rings is 1. The van der Waals surface area contributed by atoms with Gasteiger partial charge in [-0.25, -0.2) is 0 Å². The highest BCUT2D eigenvalue weighted by Crippen LogP contribution is 2.22. The van der Waals surface area contributed by atoms with Gasteiger partial charge in [-0.2, -0.15) is 0 Å². The minimum Gasteiger partial charge on any atom is -0.497 e. The summed E-state index contributed by atoms with van der Waals surface area (Å²) in [5.74, 6) is 0.938. The Morgan fingerprint density at radius 3 is 2.54 bits per heavy atom. The molecule has 0 radical (unpaired) electrons. The van der Waals surface area contributed by atoms with Crippen LogP contribution in [0, 0.1) is 5.92 Å². The van der Waals surface area contributed by atoms with Crippen LogP contribution in [0.3, 0.4) is 0 Å². The van der Waals surface area contributed by atoms with E-state index in [1.807, 2.05) is 12.1 Å². The summed E-state index contributed by atoms with van der Waals surface area (Å²) < 4.78 is 15.9. The number of amides is 1. The van der Waals surface area contributed by atoms with Crippen molar-refractivity contribution in [3.05, 3.63) is 24.3 Å². The van der Waals surface area contributed by atoms with Crippen LogP contribution in [-0.4, -0.2) is 49.7 Å².